The maximum atomic E-state index is 12.2. The second-order valence-electron chi connectivity index (χ2n) is 4.83. The molecule has 2 heterocycles. The van der Waals surface area contributed by atoms with E-state index in [1.807, 2.05) is 4.90 Å². The summed E-state index contributed by atoms with van der Waals surface area (Å²) in [6.45, 7) is 2.97. The summed E-state index contributed by atoms with van der Waals surface area (Å²) >= 11 is 0. The quantitative estimate of drug-likeness (QED) is 0.725. The molecule has 112 valence electrons. The molecule has 1 saturated heterocycles. The monoisotopic (exact) mass is 309 g/mol. The van der Waals surface area contributed by atoms with Gasteiger partial charge in [0.15, 0.2) is 5.84 Å². The highest BCUT2D eigenvalue weighted by molar-refractivity contribution is 7.90. The highest BCUT2D eigenvalue weighted by Crippen LogP contribution is 2.29. The Morgan fingerprint density at radius 1 is 1.33 bits per heavy atom. The summed E-state index contributed by atoms with van der Waals surface area (Å²) in [5.74, 6) is -0.105. The van der Waals surface area contributed by atoms with E-state index in [1.165, 1.54) is 13.2 Å². The third-order valence-corrected chi connectivity index (χ3v) is 4.85. The van der Waals surface area contributed by atoms with E-state index in [0.717, 1.165) is 13.1 Å². The lowest BCUT2D eigenvalue weighted by Crippen LogP contribution is -2.46. The smallest absolute Gasteiger partial charge is 0.337 e. The topological polar surface area (TPSA) is 88.1 Å². The number of amidine groups is 1. The summed E-state index contributed by atoms with van der Waals surface area (Å²) in [5, 5.41) is 3.21. The van der Waals surface area contributed by atoms with Crippen LogP contribution in [0.25, 0.3) is 0 Å². The summed E-state index contributed by atoms with van der Waals surface area (Å²) in [6.07, 6.45) is 0. The Bertz CT molecular complexity index is 721. The molecule has 1 aromatic rings. The number of carbonyl (C=O) groups is 1. The van der Waals surface area contributed by atoms with E-state index in [1.54, 1.807) is 12.1 Å². The molecule has 0 saturated carbocycles. The molecule has 0 bridgehead atoms. The lowest BCUT2D eigenvalue weighted by Gasteiger charge is -2.28. The maximum Gasteiger partial charge on any atom is 0.337 e. The fourth-order valence-electron chi connectivity index (χ4n) is 2.48. The molecule has 2 aliphatic rings. The average Bonchev–Trinajstić information content (AvgIpc) is 2.78. The minimum absolute atomic E-state index is 0.0685. The number of methoxy groups -OCH3 is 1. The van der Waals surface area contributed by atoms with Crippen LogP contribution in [0.4, 0.5) is 0 Å². The largest absolute Gasteiger partial charge is 0.465 e. The molecule has 2 aliphatic heterocycles. The zero-order chi connectivity index (χ0) is 15.0. The van der Waals surface area contributed by atoms with Crippen molar-refractivity contribution in [2.24, 2.45) is 4.40 Å². The SMILES string of the molecule is COC(=O)c1ccc2c(c1)S(=O)(=O)N=C2N1CCNCC1. The number of esters is 1. The van der Waals surface area contributed by atoms with Gasteiger partial charge in [0, 0.05) is 31.7 Å². The van der Waals surface area contributed by atoms with Crippen LogP contribution in [0.3, 0.4) is 0 Å². The number of rotatable bonds is 1. The lowest BCUT2D eigenvalue weighted by atomic mass is 10.1. The molecule has 0 aromatic heterocycles. The zero-order valence-electron chi connectivity index (χ0n) is 11.5. The fourth-order valence-corrected chi connectivity index (χ4v) is 3.74. The molecule has 21 heavy (non-hydrogen) atoms. The van der Waals surface area contributed by atoms with Crippen molar-refractivity contribution in [2.75, 3.05) is 33.3 Å². The van der Waals surface area contributed by atoms with Crippen molar-refractivity contribution in [1.29, 1.82) is 0 Å². The third-order valence-electron chi connectivity index (χ3n) is 3.54. The van der Waals surface area contributed by atoms with Gasteiger partial charge in [0.25, 0.3) is 10.0 Å². The van der Waals surface area contributed by atoms with E-state index in [2.05, 4.69) is 14.5 Å². The van der Waals surface area contributed by atoms with Crippen molar-refractivity contribution in [2.45, 2.75) is 4.90 Å². The number of nitrogens with one attached hydrogen (secondary N) is 1. The average molecular weight is 309 g/mol. The van der Waals surface area contributed by atoms with Crippen molar-refractivity contribution < 1.29 is 17.9 Å². The molecule has 7 nitrogen and oxygen atoms in total. The number of carbonyl (C=O) groups excluding carboxylic acids is 1. The number of hydrogen-bond donors (Lipinski definition) is 1. The molecule has 8 heteroatoms. The lowest BCUT2D eigenvalue weighted by molar-refractivity contribution is 0.0600. The van der Waals surface area contributed by atoms with E-state index < -0.39 is 16.0 Å². The van der Waals surface area contributed by atoms with E-state index in [-0.39, 0.29) is 10.5 Å². The summed E-state index contributed by atoms with van der Waals surface area (Å²) in [7, 11) is -2.49. The Morgan fingerprint density at radius 2 is 2.05 bits per heavy atom. The van der Waals surface area contributed by atoms with Crippen molar-refractivity contribution in [3.8, 4) is 0 Å². The number of fused-ring (bicyclic) bond motifs is 1. The van der Waals surface area contributed by atoms with Crippen molar-refractivity contribution in [3.05, 3.63) is 29.3 Å². The van der Waals surface area contributed by atoms with Crippen LogP contribution in [0.5, 0.6) is 0 Å². The van der Waals surface area contributed by atoms with Crippen LogP contribution in [0, 0.1) is 0 Å². The van der Waals surface area contributed by atoms with Gasteiger partial charge in [-0.05, 0) is 18.2 Å². The van der Waals surface area contributed by atoms with E-state index in [4.69, 9.17) is 0 Å². The van der Waals surface area contributed by atoms with Gasteiger partial charge < -0.3 is 15.0 Å². The first-order valence-corrected chi connectivity index (χ1v) is 8.00. The van der Waals surface area contributed by atoms with Crippen molar-refractivity contribution in [1.82, 2.24) is 10.2 Å². The third kappa shape index (κ3) is 2.40. The summed E-state index contributed by atoms with van der Waals surface area (Å²) < 4.78 is 32.9. The van der Waals surface area contributed by atoms with Crippen LogP contribution in [-0.2, 0) is 14.8 Å². The highest BCUT2D eigenvalue weighted by atomic mass is 32.2. The van der Waals surface area contributed by atoms with Gasteiger partial charge in [0.1, 0.15) is 4.90 Å². The molecule has 0 radical (unpaired) electrons. The predicted octanol–water partition coefficient (Wildman–Crippen LogP) is -0.173. The van der Waals surface area contributed by atoms with Gasteiger partial charge in [0.05, 0.1) is 12.7 Å². The van der Waals surface area contributed by atoms with Crippen molar-refractivity contribution in [3.63, 3.8) is 0 Å². The Labute approximate surface area is 122 Å². The summed E-state index contributed by atoms with van der Waals surface area (Å²) in [5.41, 5.74) is 0.751. The molecular formula is C13H15N3O4S. The molecule has 0 amide bonds. The Kier molecular flexibility index (Phi) is 3.42. The normalized spacial score (nSPS) is 19.9. The number of hydrogen-bond acceptors (Lipinski definition) is 6. The first kappa shape index (κ1) is 14.0. The summed E-state index contributed by atoms with van der Waals surface area (Å²) in [4.78, 5) is 13.5. The Morgan fingerprint density at radius 3 is 2.71 bits per heavy atom. The molecule has 0 spiro atoms. The standard InChI is InChI=1S/C13H15N3O4S/c1-20-13(17)9-2-3-10-11(8-9)21(18,19)15-12(10)16-6-4-14-5-7-16/h2-3,8,14H,4-7H2,1H3. The molecule has 1 fully saturated rings. The van der Waals surface area contributed by atoms with Crippen LogP contribution in [0.2, 0.25) is 0 Å². The van der Waals surface area contributed by atoms with Crippen LogP contribution in [0.15, 0.2) is 27.5 Å². The molecule has 0 atom stereocenters. The van der Waals surface area contributed by atoms with Crippen molar-refractivity contribution >= 4 is 21.8 Å². The molecule has 3 rings (SSSR count). The second-order valence-corrected chi connectivity index (χ2v) is 6.40. The van der Waals surface area contributed by atoms with Gasteiger partial charge in [-0.2, -0.15) is 8.42 Å². The minimum atomic E-state index is -3.75. The Balaban J connectivity index is 2.04. The number of nitrogens with zero attached hydrogens (tertiary/aromatic N) is 2. The first-order valence-electron chi connectivity index (χ1n) is 6.56. The van der Waals surface area contributed by atoms with Gasteiger partial charge >= 0.3 is 5.97 Å². The van der Waals surface area contributed by atoms with Gasteiger partial charge in [-0.1, -0.05) is 0 Å². The Hall–Kier alpha value is -1.93. The molecule has 0 aliphatic carbocycles. The van der Waals surface area contributed by atoms with Crippen LogP contribution < -0.4 is 5.32 Å². The molecular weight excluding hydrogens is 294 g/mol. The van der Waals surface area contributed by atoms with Gasteiger partial charge in [-0.3, -0.25) is 0 Å². The number of piperazine rings is 1. The van der Waals surface area contributed by atoms with Gasteiger partial charge in [-0.15, -0.1) is 4.40 Å². The van der Waals surface area contributed by atoms with Gasteiger partial charge in [-0.25, -0.2) is 4.79 Å². The van der Waals surface area contributed by atoms with Gasteiger partial charge in [0.2, 0.25) is 0 Å². The number of ether oxygens (including phenoxy) is 1. The molecule has 1 aromatic carbocycles. The molecule has 1 N–H and O–H groups in total. The van der Waals surface area contributed by atoms with Crippen LogP contribution >= 0.6 is 0 Å². The van der Waals surface area contributed by atoms with E-state index in [0.29, 0.717) is 24.5 Å². The maximum absolute atomic E-state index is 12.2. The minimum Gasteiger partial charge on any atom is -0.465 e. The van der Waals surface area contributed by atoms with E-state index >= 15 is 0 Å². The highest BCUT2D eigenvalue weighted by Gasteiger charge is 2.33. The molecule has 0 unspecified atom stereocenters. The number of sulfonamides is 1. The van der Waals surface area contributed by atoms with E-state index in [9.17, 15) is 13.2 Å². The number of benzene rings is 1. The van der Waals surface area contributed by atoms with Crippen LogP contribution in [0.1, 0.15) is 15.9 Å². The second kappa shape index (κ2) is 5.12. The summed E-state index contributed by atoms with van der Waals surface area (Å²) in [6, 6.07) is 4.51. The van der Waals surface area contributed by atoms with Crippen LogP contribution in [-0.4, -0.2) is 58.4 Å². The zero-order valence-corrected chi connectivity index (χ0v) is 12.3. The first-order chi connectivity index (χ1) is 10.0. The fraction of sp³-hybridized carbons (Fsp3) is 0.385. The predicted molar refractivity (Wildman–Crippen MR) is 75.9 cm³/mol.